The number of aryl methyl sites for hydroxylation is 2. The van der Waals surface area contributed by atoms with Crippen LogP contribution in [0.1, 0.15) is 48.3 Å². The summed E-state index contributed by atoms with van der Waals surface area (Å²) in [5.74, 6) is -2.92. The fraction of sp³-hybridized carbons (Fsp3) is 0.524. The smallest absolute Gasteiger partial charge is 0.364 e. The number of halogens is 5. The second kappa shape index (κ2) is 8.25. The lowest BCUT2D eigenvalue weighted by molar-refractivity contribution is -0.141. The zero-order valence-corrected chi connectivity index (χ0v) is 17.3. The molecule has 1 aliphatic heterocycles. The Morgan fingerprint density at radius 2 is 2.00 bits per heavy atom. The molecule has 0 radical (unpaired) electrons. The van der Waals surface area contributed by atoms with Crippen molar-refractivity contribution in [3.05, 3.63) is 41.1 Å². The Bertz CT molecular complexity index is 1000. The van der Waals surface area contributed by atoms with E-state index in [-0.39, 0.29) is 37.6 Å². The van der Waals surface area contributed by atoms with E-state index < -0.39 is 17.8 Å². The molecule has 2 aromatic heterocycles. The van der Waals surface area contributed by atoms with E-state index in [0.717, 1.165) is 30.2 Å². The third kappa shape index (κ3) is 4.97. The van der Waals surface area contributed by atoms with E-state index >= 15 is 0 Å². The van der Waals surface area contributed by atoms with E-state index in [1.807, 2.05) is 11.0 Å². The van der Waals surface area contributed by atoms with Crippen LogP contribution in [0, 0.1) is 12.8 Å². The van der Waals surface area contributed by atoms with Gasteiger partial charge in [-0.15, -0.1) is 0 Å². The molecule has 0 aromatic carbocycles. The SMILES string of the molecule is Cc1cc2c(nc1NC(=O)CC1CC(F)(F)C1)CCCN2Cc1cnc(C(F)(F)F)cn1. The van der Waals surface area contributed by atoms with Gasteiger partial charge in [-0.05, 0) is 37.3 Å². The first-order valence-corrected chi connectivity index (χ1v) is 10.3. The number of anilines is 2. The molecule has 0 saturated heterocycles. The molecule has 11 heteroatoms. The van der Waals surface area contributed by atoms with Gasteiger partial charge in [0.2, 0.25) is 11.8 Å². The van der Waals surface area contributed by atoms with E-state index in [9.17, 15) is 26.7 Å². The summed E-state index contributed by atoms with van der Waals surface area (Å²) in [4.78, 5) is 26.1. The van der Waals surface area contributed by atoms with E-state index in [1.165, 1.54) is 0 Å². The zero-order valence-electron chi connectivity index (χ0n) is 17.3. The Hall–Kier alpha value is -2.85. The monoisotopic (exact) mass is 455 g/mol. The maximum absolute atomic E-state index is 13.0. The van der Waals surface area contributed by atoms with Crippen LogP contribution in [-0.4, -0.2) is 33.3 Å². The molecule has 4 rings (SSSR count). The normalized spacial score (nSPS) is 18.1. The first-order valence-electron chi connectivity index (χ1n) is 10.3. The lowest BCUT2D eigenvalue weighted by Crippen LogP contribution is -2.37. The topological polar surface area (TPSA) is 71.0 Å². The lowest BCUT2D eigenvalue weighted by atomic mass is 9.79. The minimum atomic E-state index is -4.54. The van der Waals surface area contributed by atoms with Gasteiger partial charge in [0.05, 0.1) is 36.0 Å². The number of aromatic nitrogens is 3. The number of carbonyl (C=O) groups is 1. The maximum atomic E-state index is 13.0. The van der Waals surface area contributed by atoms with Crippen molar-refractivity contribution < 1.29 is 26.7 Å². The molecule has 6 nitrogen and oxygen atoms in total. The van der Waals surface area contributed by atoms with Crippen LogP contribution >= 0.6 is 0 Å². The summed E-state index contributed by atoms with van der Waals surface area (Å²) in [6.07, 6.45) is -1.73. The Kier molecular flexibility index (Phi) is 5.76. The Morgan fingerprint density at radius 1 is 1.25 bits per heavy atom. The van der Waals surface area contributed by atoms with E-state index in [4.69, 9.17) is 0 Å². The third-order valence-electron chi connectivity index (χ3n) is 5.71. The van der Waals surface area contributed by atoms with Crippen molar-refractivity contribution in [3.8, 4) is 0 Å². The highest BCUT2D eigenvalue weighted by Gasteiger charge is 2.45. The van der Waals surface area contributed by atoms with E-state index in [2.05, 4.69) is 20.3 Å². The van der Waals surface area contributed by atoms with Gasteiger partial charge in [-0.3, -0.25) is 9.78 Å². The second-order valence-corrected chi connectivity index (χ2v) is 8.42. The summed E-state index contributed by atoms with van der Waals surface area (Å²) in [6, 6.07) is 1.87. The standard InChI is InChI=1S/C21H22F5N5O/c1-12-5-16-15(29-19(12)30-18(32)6-13-7-20(22,23)8-13)3-2-4-31(16)11-14-9-28-17(10-27-14)21(24,25)26/h5,9-10,13H,2-4,6-8,11H2,1H3,(H,29,30,32). The van der Waals surface area contributed by atoms with Gasteiger partial charge in [-0.2, -0.15) is 13.2 Å². The molecule has 1 fully saturated rings. The van der Waals surface area contributed by atoms with Gasteiger partial charge in [0.25, 0.3) is 0 Å². The molecule has 2 aliphatic rings. The predicted octanol–water partition coefficient (Wildman–Crippen LogP) is 4.53. The van der Waals surface area contributed by atoms with Crippen molar-refractivity contribution >= 4 is 17.4 Å². The highest BCUT2D eigenvalue weighted by atomic mass is 19.4. The molecule has 1 aliphatic carbocycles. The number of carbonyl (C=O) groups excluding carboxylic acids is 1. The van der Waals surface area contributed by atoms with Crippen LogP contribution < -0.4 is 10.2 Å². The number of hydrogen-bond donors (Lipinski definition) is 1. The highest BCUT2D eigenvalue weighted by molar-refractivity contribution is 5.91. The van der Waals surface area contributed by atoms with Crippen LogP contribution in [0.3, 0.4) is 0 Å². The summed E-state index contributed by atoms with van der Waals surface area (Å²) in [5.41, 5.74) is 1.66. The van der Waals surface area contributed by atoms with Crippen LogP contribution in [0.5, 0.6) is 0 Å². The van der Waals surface area contributed by atoms with Gasteiger partial charge in [0.15, 0.2) is 5.69 Å². The number of alkyl halides is 5. The minimum absolute atomic E-state index is 0.0342. The summed E-state index contributed by atoms with van der Waals surface area (Å²) in [5, 5.41) is 2.73. The van der Waals surface area contributed by atoms with Gasteiger partial charge < -0.3 is 10.2 Å². The highest BCUT2D eigenvalue weighted by Crippen LogP contribution is 2.44. The molecular weight excluding hydrogens is 433 g/mol. The molecule has 2 aromatic rings. The quantitative estimate of drug-likeness (QED) is 0.671. The second-order valence-electron chi connectivity index (χ2n) is 8.42. The van der Waals surface area contributed by atoms with Crippen molar-refractivity contribution in [2.45, 2.75) is 57.7 Å². The molecule has 1 amide bonds. The fourth-order valence-electron chi connectivity index (χ4n) is 4.10. The molecule has 0 bridgehead atoms. The largest absolute Gasteiger partial charge is 0.434 e. The maximum Gasteiger partial charge on any atom is 0.434 e. The minimum Gasteiger partial charge on any atom is -0.364 e. The first-order chi connectivity index (χ1) is 15.0. The van der Waals surface area contributed by atoms with Crippen molar-refractivity contribution in [2.24, 2.45) is 5.92 Å². The van der Waals surface area contributed by atoms with Crippen molar-refractivity contribution in [3.63, 3.8) is 0 Å². The number of amides is 1. The van der Waals surface area contributed by atoms with E-state index in [1.54, 1.807) is 6.92 Å². The van der Waals surface area contributed by atoms with Crippen molar-refractivity contribution in [1.82, 2.24) is 15.0 Å². The van der Waals surface area contributed by atoms with Crippen LogP contribution in [0.4, 0.5) is 33.5 Å². The molecule has 1 N–H and O–H groups in total. The molecule has 0 atom stereocenters. The summed E-state index contributed by atoms with van der Waals surface area (Å²) < 4.78 is 64.0. The Balaban J connectivity index is 1.44. The zero-order chi connectivity index (χ0) is 23.1. The van der Waals surface area contributed by atoms with Gasteiger partial charge >= 0.3 is 6.18 Å². The number of nitrogens with one attached hydrogen (secondary N) is 1. The van der Waals surface area contributed by atoms with Crippen LogP contribution in [-0.2, 0) is 23.9 Å². The number of fused-ring (bicyclic) bond motifs is 1. The summed E-state index contributed by atoms with van der Waals surface area (Å²) in [7, 11) is 0. The molecule has 0 spiro atoms. The van der Waals surface area contributed by atoms with Gasteiger partial charge in [-0.1, -0.05) is 0 Å². The van der Waals surface area contributed by atoms with Gasteiger partial charge in [-0.25, -0.2) is 18.7 Å². The molecular formula is C21H22F5N5O. The predicted molar refractivity (Wildman–Crippen MR) is 106 cm³/mol. The average molecular weight is 455 g/mol. The molecule has 32 heavy (non-hydrogen) atoms. The Morgan fingerprint density at radius 3 is 2.62 bits per heavy atom. The Labute approximate surface area is 181 Å². The first kappa shape index (κ1) is 22.3. The molecule has 3 heterocycles. The molecule has 0 unspecified atom stereocenters. The summed E-state index contributed by atoms with van der Waals surface area (Å²) >= 11 is 0. The third-order valence-corrected chi connectivity index (χ3v) is 5.71. The van der Waals surface area contributed by atoms with Gasteiger partial charge in [0, 0.05) is 25.8 Å². The fourth-order valence-corrected chi connectivity index (χ4v) is 4.10. The van der Waals surface area contributed by atoms with Crippen LogP contribution in [0.25, 0.3) is 0 Å². The van der Waals surface area contributed by atoms with Gasteiger partial charge in [0.1, 0.15) is 5.82 Å². The number of rotatable bonds is 5. The number of hydrogen-bond acceptors (Lipinski definition) is 5. The number of pyridine rings is 1. The molecule has 172 valence electrons. The lowest BCUT2D eigenvalue weighted by Gasteiger charge is -2.34. The molecule has 1 saturated carbocycles. The van der Waals surface area contributed by atoms with Crippen molar-refractivity contribution in [1.29, 1.82) is 0 Å². The van der Waals surface area contributed by atoms with Crippen molar-refractivity contribution in [2.75, 3.05) is 16.8 Å². The van der Waals surface area contributed by atoms with E-state index in [0.29, 0.717) is 30.0 Å². The number of nitrogens with zero attached hydrogens (tertiary/aromatic N) is 4. The average Bonchev–Trinajstić information content (AvgIpc) is 2.67. The van der Waals surface area contributed by atoms with Crippen LogP contribution in [0.2, 0.25) is 0 Å². The summed E-state index contributed by atoms with van der Waals surface area (Å²) in [6.45, 7) is 2.74. The van der Waals surface area contributed by atoms with Crippen LogP contribution in [0.15, 0.2) is 18.5 Å².